The molecule has 2 aromatic rings. The van der Waals surface area contributed by atoms with Crippen molar-refractivity contribution >= 4 is 5.97 Å². The Bertz CT molecular complexity index is 532. The highest BCUT2D eigenvalue weighted by molar-refractivity contribution is 5.87. The molecular weight excluding hydrogens is 228 g/mol. The Morgan fingerprint density at radius 1 is 1.33 bits per heavy atom. The van der Waals surface area contributed by atoms with Crippen LogP contribution in [0.15, 0.2) is 36.4 Å². The van der Waals surface area contributed by atoms with E-state index in [-0.39, 0.29) is 12.6 Å². The summed E-state index contributed by atoms with van der Waals surface area (Å²) < 4.78 is 6.93. The fraction of sp³-hybridized carbons (Fsp3) is 0.286. The zero-order valence-corrected chi connectivity index (χ0v) is 10.6. The van der Waals surface area contributed by atoms with Gasteiger partial charge in [0.15, 0.2) is 0 Å². The van der Waals surface area contributed by atoms with Crippen LogP contribution in [-0.4, -0.2) is 15.7 Å². The van der Waals surface area contributed by atoms with E-state index in [1.165, 1.54) is 0 Å². The lowest BCUT2D eigenvalue weighted by Gasteiger charge is -2.06. The highest BCUT2D eigenvalue weighted by Crippen LogP contribution is 2.08. The molecule has 4 nitrogen and oxygen atoms in total. The molecule has 0 saturated heterocycles. The third-order valence-electron chi connectivity index (χ3n) is 2.62. The fourth-order valence-electron chi connectivity index (χ4n) is 1.75. The van der Waals surface area contributed by atoms with Gasteiger partial charge in [-0.1, -0.05) is 30.3 Å². The molecule has 18 heavy (non-hydrogen) atoms. The van der Waals surface area contributed by atoms with E-state index >= 15 is 0 Å². The summed E-state index contributed by atoms with van der Waals surface area (Å²) in [7, 11) is 0. The zero-order chi connectivity index (χ0) is 13.0. The van der Waals surface area contributed by atoms with Crippen LogP contribution >= 0.6 is 0 Å². The summed E-state index contributed by atoms with van der Waals surface area (Å²) in [4.78, 5) is 11.9. The number of esters is 1. The maximum absolute atomic E-state index is 11.9. The highest BCUT2D eigenvalue weighted by Gasteiger charge is 2.14. The zero-order valence-electron chi connectivity index (χ0n) is 10.6. The highest BCUT2D eigenvalue weighted by atomic mass is 16.5. The van der Waals surface area contributed by atoms with Gasteiger partial charge in [0.05, 0.1) is 5.69 Å². The van der Waals surface area contributed by atoms with E-state index in [2.05, 4.69) is 5.10 Å². The van der Waals surface area contributed by atoms with Crippen molar-refractivity contribution in [3.63, 3.8) is 0 Å². The van der Waals surface area contributed by atoms with E-state index in [0.29, 0.717) is 12.2 Å². The first-order valence-corrected chi connectivity index (χ1v) is 5.96. The number of hydrogen-bond acceptors (Lipinski definition) is 3. The number of aryl methyl sites for hydroxylation is 2. The second kappa shape index (κ2) is 5.49. The van der Waals surface area contributed by atoms with E-state index < -0.39 is 0 Å². The van der Waals surface area contributed by atoms with Crippen molar-refractivity contribution in [2.24, 2.45) is 0 Å². The van der Waals surface area contributed by atoms with E-state index in [9.17, 15) is 4.79 Å². The maximum atomic E-state index is 11.9. The van der Waals surface area contributed by atoms with Gasteiger partial charge in [-0.05, 0) is 25.5 Å². The number of benzene rings is 1. The van der Waals surface area contributed by atoms with Crippen LogP contribution in [0.25, 0.3) is 0 Å². The van der Waals surface area contributed by atoms with Crippen molar-refractivity contribution in [2.75, 3.05) is 0 Å². The topological polar surface area (TPSA) is 44.1 Å². The van der Waals surface area contributed by atoms with Gasteiger partial charge in [-0.2, -0.15) is 5.10 Å². The van der Waals surface area contributed by atoms with Crippen LogP contribution in [0.2, 0.25) is 0 Å². The minimum Gasteiger partial charge on any atom is -0.456 e. The molecule has 0 atom stereocenters. The largest absolute Gasteiger partial charge is 0.456 e. The number of carbonyl (C=O) groups excluding carboxylic acids is 1. The van der Waals surface area contributed by atoms with Crippen molar-refractivity contribution in [3.05, 3.63) is 53.3 Å². The Labute approximate surface area is 106 Å². The van der Waals surface area contributed by atoms with Gasteiger partial charge in [-0.25, -0.2) is 4.79 Å². The molecule has 1 aromatic heterocycles. The first-order chi connectivity index (χ1) is 8.70. The molecule has 0 fully saturated rings. The number of aromatic nitrogens is 2. The van der Waals surface area contributed by atoms with Gasteiger partial charge in [0.2, 0.25) is 0 Å². The Kier molecular flexibility index (Phi) is 3.77. The maximum Gasteiger partial charge on any atom is 0.356 e. The van der Waals surface area contributed by atoms with Crippen molar-refractivity contribution < 1.29 is 9.53 Å². The molecule has 0 radical (unpaired) electrons. The smallest absolute Gasteiger partial charge is 0.356 e. The number of rotatable bonds is 4. The number of hydrogen-bond donors (Lipinski definition) is 0. The van der Waals surface area contributed by atoms with Gasteiger partial charge in [0.1, 0.15) is 12.3 Å². The number of carbonyl (C=O) groups is 1. The van der Waals surface area contributed by atoms with Crippen LogP contribution in [0, 0.1) is 6.92 Å². The van der Waals surface area contributed by atoms with Crippen LogP contribution < -0.4 is 0 Å². The standard InChI is InChI=1S/C14H16N2O2/c1-3-16-13(9-11(2)15-16)14(17)18-10-12-7-5-4-6-8-12/h4-9H,3,10H2,1-2H3. The van der Waals surface area contributed by atoms with E-state index in [0.717, 1.165) is 11.3 Å². The van der Waals surface area contributed by atoms with Crippen molar-refractivity contribution in [1.82, 2.24) is 9.78 Å². The van der Waals surface area contributed by atoms with Crippen LogP contribution in [0.1, 0.15) is 28.7 Å². The van der Waals surface area contributed by atoms with Gasteiger partial charge in [0.25, 0.3) is 0 Å². The first kappa shape index (κ1) is 12.4. The minimum absolute atomic E-state index is 0.285. The predicted octanol–water partition coefficient (Wildman–Crippen LogP) is 2.57. The second-order valence-corrected chi connectivity index (χ2v) is 4.05. The van der Waals surface area contributed by atoms with Crippen LogP contribution in [0.5, 0.6) is 0 Å². The van der Waals surface area contributed by atoms with Crippen LogP contribution in [-0.2, 0) is 17.9 Å². The average Bonchev–Trinajstić information content (AvgIpc) is 2.78. The van der Waals surface area contributed by atoms with Gasteiger partial charge in [-0.3, -0.25) is 4.68 Å². The van der Waals surface area contributed by atoms with E-state index in [4.69, 9.17) is 4.74 Å². The Hall–Kier alpha value is -2.10. The molecule has 1 heterocycles. The predicted molar refractivity (Wildman–Crippen MR) is 68.2 cm³/mol. The summed E-state index contributed by atoms with van der Waals surface area (Å²) in [6.45, 7) is 4.75. The Morgan fingerprint density at radius 3 is 2.72 bits per heavy atom. The molecule has 0 spiro atoms. The Morgan fingerprint density at radius 2 is 2.06 bits per heavy atom. The fourth-order valence-corrected chi connectivity index (χ4v) is 1.75. The molecule has 2 rings (SSSR count). The molecule has 0 aliphatic heterocycles. The quantitative estimate of drug-likeness (QED) is 0.776. The summed E-state index contributed by atoms with van der Waals surface area (Å²) in [5.74, 6) is -0.332. The first-order valence-electron chi connectivity index (χ1n) is 5.96. The lowest BCUT2D eigenvalue weighted by Crippen LogP contribution is -2.12. The summed E-state index contributed by atoms with van der Waals surface area (Å²) in [5.41, 5.74) is 2.31. The molecule has 0 aliphatic rings. The molecule has 0 N–H and O–H groups in total. The summed E-state index contributed by atoms with van der Waals surface area (Å²) in [6, 6.07) is 11.4. The van der Waals surface area contributed by atoms with E-state index in [1.54, 1.807) is 10.7 Å². The van der Waals surface area contributed by atoms with Gasteiger partial charge in [-0.15, -0.1) is 0 Å². The number of nitrogens with zero attached hydrogens (tertiary/aromatic N) is 2. The monoisotopic (exact) mass is 244 g/mol. The van der Waals surface area contributed by atoms with Gasteiger partial charge in [0, 0.05) is 6.54 Å². The molecule has 0 unspecified atom stereocenters. The summed E-state index contributed by atoms with van der Waals surface area (Å²) in [6.07, 6.45) is 0. The molecule has 0 amide bonds. The number of ether oxygens (including phenoxy) is 1. The Balaban J connectivity index is 2.04. The van der Waals surface area contributed by atoms with Crippen molar-refractivity contribution in [3.8, 4) is 0 Å². The third-order valence-corrected chi connectivity index (χ3v) is 2.62. The molecule has 0 saturated carbocycles. The van der Waals surface area contributed by atoms with Gasteiger partial charge >= 0.3 is 5.97 Å². The minimum atomic E-state index is -0.332. The average molecular weight is 244 g/mol. The molecule has 4 heteroatoms. The lowest BCUT2D eigenvalue weighted by atomic mass is 10.2. The normalized spacial score (nSPS) is 10.3. The van der Waals surface area contributed by atoms with Crippen molar-refractivity contribution in [1.29, 1.82) is 0 Å². The molecule has 0 bridgehead atoms. The van der Waals surface area contributed by atoms with Crippen LogP contribution in [0.3, 0.4) is 0 Å². The second-order valence-electron chi connectivity index (χ2n) is 4.05. The lowest BCUT2D eigenvalue weighted by molar-refractivity contribution is 0.0458. The van der Waals surface area contributed by atoms with E-state index in [1.807, 2.05) is 44.2 Å². The van der Waals surface area contributed by atoms with Gasteiger partial charge < -0.3 is 4.74 Å². The molecule has 1 aromatic carbocycles. The summed E-state index contributed by atoms with van der Waals surface area (Å²) >= 11 is 0. The third kappa shape index (κ3) is 2.77. The molecule has 0 aliphatic carbocycles. The van der Waals surface area contributed by atoms with Crippen LogP contribution in [0.4, 0.5) is 0 Å². The SMILES string of the molecule is CCn1nc(C)cc1C(=O)OCc1ccccc1. The van der Waals surface area contributed by atoms with Crippen molar-refractivity contribution in [2.45, 2.75) is 27.0 Å². The summed E-state index contributed by atoms with van der Waals surface area (Å²) in [5, 5.41) is 4.22. The molecular formula is C14H16N2O2. The molecule has 94 valence electrons.